The number of nitrogens with two attached hydrogens (primary N) is 1. The SMILES string of the molecule is Cc1nn(C)c(C)c1CCC(N)C1CCOC2(CCC2)C1. The van der Waals surface area contributed by atoms with Crippen LogP contribution >= 0.6 is 0 Å². The zero-order chi connectivity index (χ0) is 15.0. The average molecular weight is 291 g/mol. The molecule has 3 rings (SSSR count). The van der Waals surface area contributed by atoms with Gasteiger partial charge in [-0.05, 0) is 70.3 Å². The largest absolute Gasteiger partial charge is 0.375 e. The molecule has 1 aromatic heterocycles. The Morgan fingerprint density at radius 2 is 2.19 bits per heavy atom. The van der Waals surface area contributed by atoms with Crippen molar-refractivity contribution in [3.8, 4) is 0 Å². The predicted molar refractivity (Wildman–Crippen MR) is 84.2 cm³/mol. The molecule has 0 radical (unpaired) electrons. The first-order chi connectivity index (χ1) is 10.0. The fourth-order valence-electron chi connectivity index (χ4n) is 4.08. The zero-order valence-electron chi connectivity index (χ0n) is 13.7. The first kappa shape index (κ1) is 15.0. The van der Waals surface area contributed by atoms with Gasteiger partial charge in [0.15, 0.2) is 0 Å². The van der Waals surface area contributed by atoms with Crippen molar-refractivity contribution in [2.45, 2.75) is 70.4 Å². The van der Waals surface area contributed by atoms with E-state index >= 15 is 0 Å². The van der Waals surface area contributed by atoms with Gasteiger partial charge in [-0.1, -0.05) is 0 Å². The smallest absolute Gasteiger partial charge is 0.0685 e. The fourth-order valence-corrected chi connectivity index (χ4v) is 4.08. The summed E-state index contributed by atoms with van der Waals surface area (Å²) in [6.07, 6.45) is 8.25. The number of rotatable bonds is 4. The van der Waals surface area contributed by atoms with E-state index in [0.717, 1.165) is 31.6 Å². The number of ether oxygens (including phenoxy) is 1. The molecule has 1 saturated heterocycles. The first-order valence-electron chi connectivity index (χ1n) is 8.39. The summed E-state index contributed by atoms with van der Waals surface area (Å²) < 4.78 is 8.00. The van der Waals surface area contributed by atoms with Gasteiger partial charge in [0, 0.05) is 25.4 Å². The Bertz CT molecular complexity index is 504. The Balaban J connectivity index is 1.57. The van der Waals surface area contributed by atoms with Crippen molar-refractivity contribution in [1.29, 1.82) is 0 Å². The van der Waals surface area contributed by atoms with Gasteiger partial charge < -0.3 is 10.5 Å². The van der Waals surface area contributed by atoms with Crippen LogP contribution < -0.4 is 5.73 Å². The summed E-state index contributed by atoms with van der Waals surface area (Å²) in [6, 6.07) is 0.297. The van der Waals surface area contributed by atoms with E-state index in [1.54, 1.807) is 0 Å². The molecule has 2 atom stereocenters. The summed E-state index contributed by atoms with van der Waals surface area (Å²) in [4.78, 5) is 0. The standard InChI is InChI=1S/C17H29N3O/c1-12-15(13(2)20(3)19-12)5-6-16(18)14-7-10-21-17(11-14)8-4-9-17/h14,16H,4-11,18H2,1-3H3. The van der Waals surface area contributed by atoms with Gasteiger partial charge in [-0.2, -0.15) is 5.10 Å². The van der Waals surface area contributed by atoms with Gasteiger partial charge in [-0.3, -0.25) is 4.68 Å². The van der Waals surface area contributed by atoms with Crippen LogP contribution in [0.1, 0.15) is 55.5 Å². The van der Waals surface area contributed by atoms with E-state index in [1.165, 1.54) is 36.9 Å². The quantitative estimate of drug-likeness (QED) is 0.928. The molecule has 0 aromatic carbocycles. The lowest BCUT2D eigenvalue weighted by molar-refractivity contribution is -0.146. The minimum atomic E-state index is 0.209. The van der Waals surface area contributed by atoms with Gasteiger partial charge in [0.1, 0.15) is 0 Å². The predicted octanol–water partition coefficient (Wildman–Crippen LogP) is 2.65. The van der Waals surface area contributed by atoms with Crippen LogP contribution in [-0.2, 0) is 18.2 Å². The molecule has 21 heavy (non-hydrogen) atoms. The van der Waals surface area contributed by atoms with Gasteiger partial charge in [0.25, 0.3) is 0 Å². The summed E-state index contributed by atoms with van der Waals surface area (Å²) in [7, 11) is 2.02. The lowest BCUT2D eigenvalue weighted by Crippen LogP contribution is -2.49. The number of aromatic nitrogens is 2. The molecule has 1 aliphatic heterocycles. The van der Waals surface area contributed by atoms with Crippen molar-refractivity contribution in [2.24, 2.45) is 18.7 Å². The lowest BCUT2D eigenvalue weighted by Gasteiger charge is -2.48. The molecule has 0 amide bonds. The highest BCUT2D eigenvalue weighted by atomic mass is 16.5. The Hall–Kier alpha value is -0.870. The fraction of sp³-hybridized carbons (Fsp3) is 0.824. The van der Waals surface area contributed by atoms with Crippen LogP contribution in [0.2, 0.25) is 0 Å². The Kier molecular flexibility index (Phi) is 4.10. The van der Waals surface area contributed by atoms with Gasteiger partial charge >= 0.3 is 0 Å². The molecule has 2 heterocycles. The second-order valence-corrected chi connectivity index (χ2v) is 7.11. The molecule has 1 saturated carbocycles. The molecule has 0 bridgehead atoms. The topological polar surface area (TPSA) is 53.1 Å². The van der Waals surface area contributed by atoms with E-state index in [0.29, 0.717) is 12.0 Å². The number of hydrogen-bond donors (Lipinski definition) is 1. The lowest BCUT2D eigenvalue weighted by atomic mass is 9.70. The average Bonchev–Trinajstić information content (AvgIpc) is 2.68. The molecule has 118 valence electrons. The van der Waals surface area contributed by atoms with E-state index in [2.05, 4.69) is 18.9 Å². The summed E-state index contributed by atoms with van der Waals surface area (Å²) >= 11 is 0. The highest BCUT2D eigenvalue weighted by Gasteiger charge is 2.43. The summed E-state index contributed by atoms with van der Waals surface area (Å²) in [6.45, 7) is 5.16. The highest BCUT2D eigenvalue weighted by molar-refractivity contribution is 5.24. The summed E-state index contributed by atoms with van der Waals surface area (Å²) in [5, 5.41) is 4.50. The normalized spacial score (nSPS) is 25.8. The van der Waals surface area contributed by atoms with Crippen molar-refractivity contribution >= 4 is 0 Å². The third-order valence-electron chi connectivity index (χ3n) is 5.79. The maximum atomic E-state index is 6.52. The molecule has 2 N–H and O–H groups in total. The minimum Gasteiger partial charge on any atom is -0.375 e. The Morgan fingerprint density at radius 3 is 2.76 bits per heavy atom. The van der Waals surface area contributed by atoms with Gasteiger partial charge in [0.05, 0.1) is 11.3 Å². The van der Waals surface area contributed by atoms with E-state index in [4.69, 9.17) is 10.5 Å². The number of aryl methyl sites for hydroxylation is 2. The van der Waals surface area contributed by atoms with Gasteiger partial charge in [-0.25, -0.2) is 0 Å². The third kappa shape index (κ3) is 2.88. The van der Waals surface area contributed by atoms with Crippen LogP contribution in [0, 0.1) is 19.8 Å². The molecule has 2 unspecified atom stereocenters. The molecule has 1 aromatic rings. The van der Waals surface area contributed by atoms with Crippen LogP contribution in [0.15, 0.2) is 0 Å². The molecule has 1 spiro atoms. The maximum Gasteiger partial charge on any atom is 0.0685 e. The Labute approximate surface area is 128 Å². The van der Waals surface area contributed by atoms with Crippen molar-refractivity contribution in [1.82, 2.24) is 9.78 Å². The molecule has 2 fully saturated rings. The molecular weight excluding hydrogens is 262 g/mol. The van der Waals surface area contributed by atoms with E-state index < -0.39 is 0 Å². The van der Waals surface area contributed by atoms with Gasteiger partial charge in [-0.15, -0.1) is 0 Å². The van der Waals surface area contributed by atoms with Crippen molar-refractivity contribution in [2.75, 3.05) is 6.61 Å². The summed E-state index contributed by atoms with van der Waals surface area (Å²) in [5.41, 5.74) is 10.6. The van der Waals surface area contributed by atoms with Crippen molar-refractivity contribution < 1.29 is 4.74 Å². The van der Waals surface area contributed by atoms with Crippen molar-refractivity contribution in [3.63, 3.8) is 0 Å². The zero-order valence-corrected chi connectivity index (χ0v) is 13.7. The van der Waals surface area contributed by atoms with E-state index in [-0.39, 0.29) is 5.60 Å². The molecule has 4 heteroatoms. The van der Waals surface area contributed by atoms with Crippen LogP contribution in [0.4, 0.5) is 0 Å². The minimum absolute atomic E-state index is 0.209. The van der Waals surface area contributed by atoms with Crippen LogP contribution in [-0.4, -0.2) is 28.0 Å². The molecular formula is C17H29N3O. The van der Waals surface area contributed by atoms with Crippen LogP contribution in [0.25, 0.3) is 0 Å². The van der Waals surface area contributed by atoms with E-state index in [1.807, 2.05) is 11.7 Å². The molecule has 4 nitrogen and oxygen atoms in total. The number of nitrogens with zero attached hydrogens (tertiary/aromatic N) is 2. The van der Waals surface area contributed by atoms with E-state index in [9.17, 15) is 0 Å². The second-order valence-electron chi connectivity index (χ2n) is 7.11. The van der Waals surface area contributed by atoms with Crippen molar-refractivity contribution in [3.05, 3.63) is 17.0 Å². The first-order valence-corrected chi connectivity index (χ1v) is 8.39. The Morgan fingerprint density at radius 1 is 1.43 bits per heavy atom. The van der Waals surface area contributed by atoms with Crippen LogP contribution in [0.3, 0.4) is 0 Å². The van der Waals surface area contributed by atoms with Crippen LogP contribution in [0.5, 0.6) is 0 Å². The monoisotopic (exact) mass is 291 g/mol. The summed E-state index contributed by atoms with van der Waals surface area (Å²) in [5.74, 6) is 0.635. The maximum absolute atomic E-state index is 6.52. The highest BCUT2D eigenvalue weighted by Crippen LogP contribution is 2.45. The second kappa shape index (κ2) is 5.73. The third-order valence-corrected chi connectivity index (χ3v) is 5.79. The molecule has 2 aliphatic rings. The number of hydrogen-bond acceptors (Lipinski definition) is 3. The van der Waals surface area contributed by atoms with Gasteiger partial charge in [0.2, 0.25) is 0 Å². The molecule has 1 aliphatic carbocycles.